The van der Waals surface area contributed by atoms with E-state index in [9.17, 15) is 18.5 Å². The molecular formula is C18H23N5O5S2. The largest absolute Gasteiger partial charge is 0.497 e. The smallest absolute Gasteiger partial charge is 0.270 e. The number of nitrogens with one attached hydrogen (secondary N) is 3. The number of hydrogen-bond acceptors (Lipinski definition) is 7. The fourth-order valence-corrected chi connectivity index (χ4v) is 4.40. The minimum atomic E-state index is -3.95. The van der Waals surface area contributed by atoms with Gasteiger partial charge in [-0.25, -0.2) is 8.42 Å². The highest BCUT2D eigenvalue weighted by Gasteiger charge is 2.27. The minimum absolute atomic E-state index is 0.131. The molecule has 2 aromatic rings. The van der Waals surface area contributed by atoms with Gasteiger partial charge in [-0.15, -0.1) is 0 Å². The zero-order valence-electron chi connectivity index (χ0n) is 16.7. The molecule has 0 aliphatic carbocycles. The standard InChI is InChI=1S/C18H23N5O5S2/c1-4-22(5-2)30(26,27)17-12-14(23(24)25)8-11-16(17)20-21-18(29)19-13-6-9-15(28-3)10-7-13/h6-12,20H,4-5H2,1-3H3,(H2,19,21,29). The molecule has 0 unspecified atom stereocenters. The Kier molecular flexibility index (Phi) is 7.92. The van der Waals surface area contributed by atoms with Crippen LogP contribution in [0.4, 0.5) is 17.1 Å². The van der Waals surface area contributed by atoms with Crippen LogP contribution >= 0.6 is 12.2 Å². The molecule has 0 radical (unpaired) electrons. The summed E-state index contributed by atoms with van der Waals surface area (Å²) in [6, 6.07) is 10.6. The lowest BCUT2D eigenvalue weighted by Crippen LogP contribution is -2.35. The molecule has 0 atom stereocenters. The van der Waals surface area contributed by atoms with E-state index in [0.717, 1.165) is 6.07 Å². The second-order valence-electron chi connectivity index (χ2n) is 5.96. The SMILES string of the molecule is CCN(CC)S(=O)(=O)c1cc([N+](=O)[O-])ccc1NNC(=S)Nc1ccc(OC)cc1. The Balaban J connectivity index is 2.23. The van der Waals surface area contributed by atoms with Crippen LogP contribution in [0.25, 0.3) is 0 Å². The maximum absolute atomic E-state index is 13.0. The third-order valence-corrected chi connectivity index (χ3v) is 6.45. The highest BCUT2D eigenvalue weighted by Crippen LogP contribution is 2.28. The lowest BCUT2D eigenvalue weighted by atomic mass is 10.3. The molecule has 162 valence electrons. The summed E-state index contributed by atoms with van der Waals surface area (Å²) < 4.78 is 32.2. The quantitative estimate of drug-likeness (QED) is 0.298. The Morgan fingerprint density at radius 1 is 1.17 bits per heavy atom. The Morgan fingerprint density at radius 3 is 2.33 bits per heavy atom. The van der Waals surface area contributed by atoms with Gasteiger partial charge in [0, 0.05) is 30.9 Å². The van der Waals surface area contributed by atoms with Crippen molar-refractivity contribution in [2.45, 2.75) is 18.7 Å². The minimum Gasteiger partial charge on any atom is -0.497 e. The summed E-state index contributed by atoms with van der Waals surface area (Å²) in [5, 5.41) is 14.2. The predicted octanol–water partition coefficient (Wildman–Crippen LogP) is 2.95. The van der Waals surface area contributed by atoms with Gasteiger partial charge in [0.2, 0.25) is 10.0 Å². The predicted molar refractivity (Wildman–Crippen MR) is 119 cm³/mol. The summed E-state index contributed by atoms with van der Waals surface area (Å²) in [7, 11) is -2.39. The number of methoxy groups -OCH3 is 1. The van der Waals surface area contributed by atoms with E-state index in [2.05, 4.69) is 16.2 Å². The van der Waals surface area contributed by atoms with Crippen LogP contribution in [0.15, 0.2) is 47.4 Å². The lowest BCUT2D eigenvalue weighted by molar-refractivity contribution is -0.385. The molecule has 0 aliphatic heterocycles. The van der Waals surface area contributed by atoms with E-state index in [1.54, 1.807) is 45.2 Å². The number of ether oxygens (including phenoxy) is 1. The summed E-state index contributed by atoms with van der Waals surface area (Å²) >= 11 is 5.21. The monoisotopic (exact) mass is 453 g/mol. The number of nitro groups is 1. The zero-order chi connectivity index (χ0) is 22.3. The molecule has 0 bridgehead atoms. The third kappa shape index (κ3) is 5.55. The van der Waals surface area contributed by atoms with Gasteiger partial charge in [0.15, 0.2) is 5.11 Å². The van der Waals surface area contributed by atoms with Crippen molar-refractivity contribution in [1.29, 1.82) is 0 Å². The first-order valence-electron chi connectivity index (χ1n) is 8.98. The highest BCUT2D eigenvalue weighted by atomic mass is 32.2. The number of non-ortho nitro benzene ring substituents is 1. The molecule has 0 amide bonds. The summed E-state index contributed by atoms with van der Waals surface area (Å²) in [6.45, 7) is 3.84. The average Bonchev–Trinajstić information content (AvgIpc) is 2.73. The van der Waals surface area contributed by atoms with Gasteiger partial charge in [0.1, 0.15) is 10.6 Å². The van der Waals surface area contributed by atoms with Crippen molar-refractivity contribution in [2.24, 2.45) is 0 Å². The molecule has 12 heteroatoms. The number of nitrogens with zero attached hydrogens (tertiary/aromatic N) is 2. The molecule has 3 N–H and O–H groups in total. The average molecular weight is 454 g/mol. The van der Waals surface area contributed by atoms with Crippen LogP contribution in [-0.2, 0) is 10.0 Å². The first kappa shape index (κ1) is 23.3. The number of anilines is 2. The van der Waals surface area contributed by atoms with Gasteiger partial charge in [-0.1, -0.05) is 13.8 Å². The van der Waals surface area contributed by atoms with Crippen molar-refractivity contribution in [3.8, 4) is 5.75 Å². The number of benzene rings is 2. The molecule has 10 nitrogen and oxygen atoms in total. The van der Waals surface area contributed by atoms with Crippen LogP contribution < -0.4 is 20.9 Å². The molecule has 0 saturated carbocycles. The zero-order valence-corrected chi connectivity index (χ0v) is 18.3. The maximum Gasteiger partial charge on any atom is 0.270 e. The number of rotatable bonds is 9. The van der Waals surface area contributed by atoms with Crippen molar-refractivity contribution in [3.63, 3.8) is 0 Å². The summed E-state index contributed by atoms with van der Waals surface area (Å²) in [5.41, 5.74) is 5.91. The van der Waals surface area contributed by atoms with Crippen LogP contribution in [0.2, 0.25) is 0 Å². The number of hydrogen-bond donors (Lipinski definition) is 3. The molecule has 0 aromatic heterocycles. The second-order valence-corrected chi connectivity index (χ2v) is 8.27. The van der Waals surface area contributed by atoms with Crippen molar-refractivity contribution >= 4 is 44.4 Å². The van der Waals surface area contributed by atoms with E-state index >= 15 is 0 Å². The van der Waals surface area contributed by atoms with Crippen molar-refractivity contribution < 1.29 is 18.1 Å². The van der Waals surface area contributed by atoms with E-state index in [0.29, 0.717) is 11.4 Å². The molecule has 0 saturated heterocycles. The van der Waals surface area contributed by atoms with Gasteiger partial charge in [0.05, 0.1) is 17.7 Å². The molecule has 0 heterocycles. The van der Waals surface area contributed by atoms with Crippen molar-refractivity contribution in [1.82, 2.24) is 9.73 Å². The van der Waals surface area contributed by atoms with Gasteiger partial charge < -0.3 is 10.1 Å². The van der Waals surface area contributed by atoms with Crippen molar-refractivity contribution in [3.05, 3.63) is 52.6 Å². The molecule has 2 aromatic carbocycles. The van der Waals surface area contributed by atoms with E-state index in [1.165, 1.54) is 16.4 Å². The lowest BCUT2D eigenvalue weighted by Gasteiger charge is -2.21. The van der Waals surface area contributed by atoms with Crippen LogP contribution in [0.1, 0.15) is 13.8 Å². The van der Waals surface area contributed by atoms with E-state index < -0.39 is 14.9 Å². The summed E-state index contributed by atoms with van der Waals surface area (Å²) in [5.74, 6) is 0.690. The van der Waals surface area contributed by atoms with Crippen LogP contribution in [0, 0.1) is 10.1 Å². The second kappa shape index (κ2) is 10.2. The van der Waals surface area contributed by atoms with Crippen LogP contribution in [-0.4, -0.2) is 43.0 Å². The van der Waals surface area contributed by atoms with Gasteiger partial charge >= 0.3 is 0 Å². The Morgan fingerprint density at radius 2 is 1.80 bits per heavy atom. The van der Waals surface area contributed by atoms with E-state index in [1.807, 2.05) is 0 Å². The Hall–Kier alpha value is -2.96. The summed E-state index contributed by atoms with van der Waals surface area (Å²) in [6.07, 6.45) is 0. The normalized spacial score (nSPS) is 11.1. The number of thiocarbonyl (C=S) groups is 1. The number of nitro benzene ring substituents is 1. The number of hydrazine groups is 1. The van der Waals surface area contributed by atoms with E-state index in [-0.39, 0.29) is 34.5 Å². The van der Waals surface area contributed by atoms with Crippen molar-refractivity contribution in [2.75, 3.05) is 30.9 Å². The van der Waals surface area contributed by atoms with Gasteiger partial charge in [-0.3, -0.25) is 21.0 Å². The molecular weight excluding hydrogens is 430 g/mol. The molecule has 2 rings (SSSR count). The first-order chi connectivity index (χ1) is 14.2. The van der Waals surface area contributed by atoms with Gasteiger partial charge in [-0.05, 0) is 42.5 Å². The van der Waals surface area contributed by atoms with Gasteiger partial charge in [0.25, 0.3) is 5.69 Å². The topological polar surface area (TPSA) is 126 Å². The molecule has 30 heavy (non-hydrogen) atoms. The maximum atomic E-state index is 13.0. The van der Waals surface area contributed by atoms with E-state index in [4.69, 9.17) is 17.0 Å². The molecule has 0 spiro atoms. The highest BCUT2D eigenvalue weighted by molar-refractivity contribution is 7.89. The molecule has 0 fully saturated rings. The summed E-state index contributed by atoms with van der Waals surface area (Å²) in [4.78, 5) is 10.3. The Labute approximate surface area is 180 Å². The fraction of sp³-hybridized carbons (Fsp3) is 0.278. The van der Waals surface area contributed by atoms with Gasteiger partial charge in [-0.2, -0.15) is 4.31 Å². The molecule has 0 aliphatic rings. The Bertz CT molecular complexity index is 1010. The fourth-order valence-electron chi connectivity index (χ4n) is 2.60. The third-order valence-electron chi connectivity index (χ3n) is 4.16. The number of sulfonamides is 1. The van der Waals surface area contributed by atoms with Crippen LogP contribution in [0.5, 0.6) is 5.75 Å². The first-order valence-corrected chi connectivity index (χ1v) is 10.8. The van der Waals surface area contributed by atoms with Crippen LogP contribution in [0.3, 0.4) is 0 Å².